The second kappa shape index (κ2) is 5.85. The van der Waals surface area contributed by atoms with Crippen LogP contribution >= 0.6 is 11.6 Å². The van der Waals surface area contributed by atoms with Crippen LogP contribution in [-0.2, 0) is 4.79 Å². The lowest BCUT2D eigenvalue weighted by molar-refractivity contribution is -0.117. The molecular weight excluding hydrogens is 346 g/mol. The minimum atomic E-state index is 0.0528. The molecule has 1 amide bonds. The summed E-state index contributed by atoms with van der Waals surface area (Å²) in [7, 11) is 0. The van der Waals surface area contributed by atoms with Gasteiger partial charge in [0.1, 0.15) is 5.82 Å². The van der Waals surface area contributed by atoms with E-state index in [0.29, 0.717) is 18.0 Å². The van der Waals surface area contributed by atoms with Crippen molar-refractivity contribution < 1.29 is 4.79 Å². The molecular formula is C21H16ClN3O. The van der Waals surface area contributed by atoms with Gasteiger partial charge in [0.2, 0.25) is 5.91 Å². The zero-order valence-electron chi connectivity index (χ0n) is 13.9. The molecule has 0 unspecified atom stereocenters. The molecule has 1 fully saturated rings. The van der Waals surface area contributed by atoms with Gasteiger partial charge < -0.3 is 9.88 Å². The minimum absolute atomic E-state index is 0.0528. The van der Waals surface area contributed by atoms with Crippen LogP contribution in [0.15, 0.2) is 60.7 Å². The van der Waals surface area contributed by atoms with E-state index in [2.05, 4.69) is 29.2 Å². The summed E-state index contributed by atoms with van der Waals surface area (Å²) in [6.45, 7) is 0.610. The fraction of sp³-hybridized carbons (Fsp3) is 0.143. The highest BCUT2D eigenvalue weighted by molar-refractivity contribution is 6.30. The maximum atomic E-state index is 12.5. The van der Waals surface area contributed by atoms with Gasteiger partial charge >= 0.3 is 0 Å². The molecule has 26 heavy (non-hydrogen) atoms. The smallest absolute Gasteiger partial charge is 0.227 e. The predicted octanol–water partition coefficient (Wildman–Crippen LogP) is 4.89. The lowest BCUT2D eigenvalue weighted by Gasteiger charge is -2.16. The van der Waals surface area contributed by atoms with Gasteiger partial charge in [0.05, 0.1) is 11.0 Å². The van der Waals surface area contributed by atoms with Crippen molar-refractivity contribution in [3.63, 3.8) is 0 Å². The summed E-state index contributed by atoms with van der Waals surface area (Å²) in [5.41, 5.74) is 2.78. The van der Waals surface area contributed by atoms with Crippen LogP contribution in [0.5, 0.6) is 0 Å². The van der Waals surface area contributed by atoms with Gasteiger partial charge in [-0.05, 0) is 41.1 Å². The Morgan fingerprint density at radius 1 is 1.04 bits per heavy atom. The quantitative estimate of drug-likeness (QED) is 0.552. The number of carbonyl (C=O) groups is 1. The van der Waals surface area contributed by atoms with Crippen LogP contribution in [0.2, 0.25) is 5.02 Å². The molecule has 1 saturated heterocycles. The van der Waals surface area contributed by atoms with Crippen LogP contribution in [0.4, 0.5) is 5.69 Å². The molecule has 5 rings (SSSR count). The zero-order valence-corrected chi connectivity index (χ0v) is 14.7. The number of aromatic nitrogens is 2. The van der Waals surface area contributed by atoms with Crippen molar-refractivity contribution in [3.05, 3.63) is 71.5 Å². The van der Waals surface area contributed by atoms with Crippen LogP contribution in [0.1, 0.15) is 18.2 Å². The Balaban J connectivity index is 1.50. The first-order chi connectivity index (χ1) is 12.7. The summed E-state index contributed by atoms with van der Waals surface area (Å²) >= 11 is 6.07. The van der Waals surface area contributed by atoms with Crippen LogP contribution in [0, 0.1) is 0 Å². The van der Waals surface area contributed by atoms with E-state index < -0.39 is 0 Å². The molecule has 4 nitrogen and oxygen atoms in total. The highest BCUT2D eigenvalue weighted by Crippen LogP contribution is 2.33. The van der Waals surface area contributed by atoms with E-state index in [1.807, 2.05) is 36.4 Å². The van der Waals surface area contributed by atoms with Gasteiger partial charge in [-0.25, -0.2) is 4.98 Å². The number of hydrogen-bond acceptors (Lipinski definition) is 2. The van der Waals surface area contributed by atoms with Gasteiger partial charge in [0, 0.05) is 29.6 Å². The normalized spacial score (nSPS) is 17.5. The van der Waals surface area contributed by atoms with Crippen molar-refractivity contribution in [2.75, 3.05) is 11.4 Å². The fourth-order valence-electron chi connectivity index (χ4n) is 3.69. The van der Waals surface area contributed by atoms with E-state index in [-0.39, 0.29) is 11.8 Å². The molecule has 0 radical (unpaired) electrons. The highest BCUT2D eigenvalue weighted by atomic mass is 35.5. The first-order valence-electron chi connectivity index (χ1n) is 8.62. The number of amides is 1. The molecule has 2 heterocycles. The highest BCUT2D eigenvalue weighted by Gasteiger charge is 2.33. The van der Waals surface area contributed by atoms with E-state index in [4.69, 9.17) is 16.6 Å². The number of halogens is 1. The van der Waals surface area contributed by atoms with Gasteiger partial charge in [0.15, 0.2) is 0 Å². The van der Waals surface area contributed by atoms with Gasteiger partial charge in [-0.1, -0.05) is 41.9 Å². The topological polar surface area (TPSA) is 49.0 Å². The molecule has 0 aliphatic carbocycles. The number of benzene rings is 3. The van der Waals surface area contributed by atoms with Crippen molar-refractivity contribution in [1.29, 1.82) is 0 Å². The zero-order chi connectivity index (χ0) is 17.7. The average Bonchev–Trinajstić information content (AvgIpc) is 3.22. The summed E-state index contributed by atoms with van der Waals surface area (Å²) in [4.78, 5) is 22.5. The third-order valence-corrected chi connectivity index (χ3v) is 5.23. The van der Waals surface area contributed by atoms with Crippen molar-refractivity contribution in [3.8, 4) is 0 Å². The van der Waals surface area contributed by atoms with Crippen LogP contribution < -0.4 is 4.90 Å². The monoisotopic (exact) mass is 361 g/mol. The first-order valence-corrected chi connectivity index (χ1v) is 8.99. The van der Waals surface area contributed by atoms with E-state index in [9.17, 15) is 4.79 Å². The number of nitrogens with one attached hydrogen (secondary N) is 1. The summed E-state index contributed by atoms with van der Waals surface area (Å²) < 4.78 is 0. The maximum Gasteiger partial charge on any atom is 0.227 e. The summed E-state index contributed by atoms with van der Waals surface area (Å²) in [6.07, 6.45) is 0.450. The number of aromatic amines is 1. The number of rotatable bonds is 2. The summed E-state index contributed by atoms with van der Waals surface area (Å²) in [6, 6.07) is 19.9. The summed E-state index contributed by atoms with van der Waals surface area (Å²) in [5, 5.41) is 2.98. The maximum absolute atomic E-state index is 12.5. The van der Waals surface area contributed by atoms with Gasteiger partial charge in [-0.2, -0.15) is 0 Å². The molecule has 5 heteroatoms. The van der Waals surface area contributed by atoms with E-state index in [0.717, 1.165) is 22.5 Å². The molecule has 0 bridgehead atoms. The third kappa shape index (κ3) is 2.54. The van der Waals surface area contributed by atoms with Gasteiger partial charge in [-0.15, -0.1) is 0 Å². The van der Waals surface area contributed by atoms with Crippen molar-refractivity contribution in [2.45, 2.75) is 12.3 Å². The van der Waals surface area contributed by atoms with Crippen LogP contribution in [0.25, 0.3) is 21.8 Å². The van der Waals surface area contributed by atoms with Crippen molar-refractivity contribution in [2.24, 2.45) is 0 Å². The van der Waals surface area contributed by atoms with Gasteiger partial charge in [0.25, 0.3) is 0 Å². The van der Waals surface area contributed by atoms with E-state index >= 15 is 0 Å². The summed E-state index contributed by atoms with van der Waals surface area (Å²) in [5.74, 6) is 1.02. The molecule has 3 aromatic carbocycles. The molecule has 1 atom stereocenters. The number of carbonyl (C=O) groups excluding carboxylic acids is 1. The average molecular weight is 362 g/mol. The molecule has 0 saturated carbocycles. The Bertz CT molecular complexity index is 1100. The van der Waals surface area contributed by atoms with E-state index in [1.54, 1.807) is 4.90 Å². The minimum Gasteiger partial charge on any atom is -0.342 e. The standard InChI is InChI=1S/C21H16ClN3O/c22-16-6-3-7-17(11-16)25-12-15(10-20(25)26)21-23-18-8-13-4-1-2-5-14(13)9-19(18)24-21/h1-9,11,15H,10,12H2,(H,23,24)/t15-/m0/s1. The number of nitrogens with zero attached hydrogens (tertiary/aromatic N) is 2. The molecule has 1 N–H and O–H groups in total. The lowest BCUT2D eigenvalue weighted by Crippen LogP contribution is -2.24. The van der Waals surface area contributed by atoms with Crippen LogP contribution in [0.3, 0.4) is 0 Å². The Morgan fingerprint density at radius 2 is 1.85 bits per heavy atom. The predicted molar refractivity (Wildman–Crippen MR) is 105 cm³/mol. The van der Waals surface area contributed by atoms with Crippen molar-refractivity contribution in [1.82, 2.24) is 9.97 Å². The second-order valence-corrected chi connectivity index (χ2v) is 7.16. The number of anilines is 1. The molecule has 1 aliphatic rings. The largest absolute Gasteiger partial charge is 0.342 e. The SMILES string of the molecule is O=C1C[C@H](c2nc3cc4ccccc4cc3[nH]2)CN1c1cccc(Cl)c1. The van der Waals surface area contributed by atoms with Gasteiger partial charge in [-0.3, -0.25) is 4.79 Å². The third-order valence-electron chi connectivity index (χ3n) is 5.00. The van der Waals surface area contributed by atoms with Crippen molar-refractivity contribution >= 4 is 45.0 Å². The van der Waals surface area contributed by atoms with E-state index in [1.165, 1.54) is 10.8 Å². The molecule has 4 aromatic rings. The fourth-order valence-corrected chi connectivity index (χ4v) is 3.88. The lowest BCUT2D eigenvalue weighted by atomic mass is 10.1. The molecule has 0 spiro atoms. The molecule has 128 valence electrons. The number of H-pyrrole nitrogens is 1. The Kier molecular flexibility index (Phi) is 3.47. The molecule has 1 aromatic heterocycles. The Hall–Kier alpha value is -2.85. The number of fused-ring (bicyclic) bond motifs is 2. The number of imidazole rings is 1. The Morgan fingerprint density at radius 3 is 2.65 bits per heavy atom. The first kappa shape index (κ1) is 15.4. The molecule has 1 aliphatic heterocycles. The van der Waals surface area contributed by atoms with Crippen LogP contribution in [-0.4, -0.2) is 22.4 Å². The number of hydrogen-bond donors (Lipinski definition) is 1. The Labute approximate surface area is 155 Å². The second-order valence-electron chi connectivity index (χ2n) is 6.72.